The standard InChI is InChI=1S/C11H22N2O3/c1-3-4-5-8(2)13-11(16)9(12)6-7-10(14)15/h8-9H,3-7,12H2,1-2H3,(H,13,16)(H,14,15). The number of rotatable bonds is 8. The summed E-state index contributed by atoms with van der Waals surface area (Å²) in [4.78, 5) is 21.8. The molecule has 1 amide bonds. The van der Waals surface area contributed by atoms with E-state index in [0.29, 0.717) is 0 Å². The van der Waals surface area contributed by atoms with Crippen molar-refractivity contribution >= 4 is 11.9 Å². The van der Waals surface area contributed by atoms with E-state index in [1.54, 1.807) is 0 Å². The molecule has 0 heterocycles. The van der Waals surface area contributed by atoms with Gasteiger partial charge in [-0.2, -0.15) is 0 Å². The number of hydrogen-bond acceptors (Lipinski definition) is 3. The molecule has 2 atom stereocenters. The molecule has 0 aromatic heterocycles. The molecule has 94 valence electrons. The van der Waals surface area contributed by atoms with Crippen LogP contribution in [-0.4, -0.2) is 29.1 Å². The maximum Gasteiger partial charge on any atom is 0.303 e. The van der Waals surface area contributed by atoms with Gasteiger partial charge < -0.3 is 16.2 Å². The topological polar surface area (TPSA) is 92.4 Å². The third-order valence-corrected chi connectivity index (χ3v) is 2.39. The van der Waals surface area contributed by atoms with Crippen LogP contribution in [0.3, 0.4) is 0 Å². The molecule has 5 heteroatoms. The summed E-state index contributed by atoms with van der Waals surface area (Å²) in [6.07, 6.45) is 3.19. The van der Waals surface area contributed by atoms with Crippen molar-refractivity contribution in [3.8, 4) is 0 Å². The number of nitrogens with one attached hydrogen (secondary N) is 1. The number of hydrogen-bond donors (Lipinski definition) is 3. The number of carboxylic acids is 1. The number of carbonyl (C=O) groups is 2. The highest BCUT2D eigenvalue weighted by Crippen LogP contribution is 2.01. The highest BCUT2D eigenvalue weighted by Gasteiger charge is 2.16. The summed E-state index contributed by atoms with van der Waals surface area (Å²) in [6.45, 7) is 4.02. The Hall–Kier alpha value is -1.10. The van der Waals surface area contributed by atoms with Crippen molar-refractivity contribution < 1.29 is 14.7 Å². The van der Waals surface area contributed by atoms with Crippen molar-refractivity contribution in [3.05, 3.63) is 0 Å². The molecule has 0 aliphatic carbocycles. The van der Waals surface area contributed by atoms with Gasteiger partial charge in [-0.25, -0.2) is 0 Å². The Labute approximate surface area is 96.4 Å². The smallest absolute Gasteiger partial charge is 0.303 e. The Morgan fingerprint density at radius 3 is 2.50 bits per heavy atom. The lowest BCUT2D eigenvalue weighted by Crippen LogP contribution is -2.44. The highest BCUT2D eigenvalue weighted by atomic mass is 16.4. The van der Waals surface area contributed by atoms with Gasteiger partial charge in [-0.15, -0.1) is 0 Å². The van der Waals surface area contributed by atoms with E-state index < -0.39 is 12.0 Å². The molecule has 0 saturated heterocycles. The van der Waals surface area contributed by atoms with E-state index in [1.807, 2.05) is 6.92 Å². The zero-order chi connectivity index (χ0) is 12.6. The van der Waals surface area contributed by atoms with Gasteiger partial charge in [-0.3, -0.25) is 9.59 Å². The average molecular weight is 230 g/mol. The second kappa shape index (κ2) is 8.10. The van der Waals surface area contributed by atoms with E-state index in [2.05, 4.69) is 12.2 Å². The number of nitrogens with two attached hydrogens (primary N) is 1. The Morgan fingerprint density at radius 1 is 1.38 bits per heavy atom. The maximum absolute atomic E-state index is 11.5. The molecule has 0 aromatic carbocycles. The molecular formula is C11H22N2O3. The second-order valence-corrected chi connectivity index (χ2v) is 4.09. The molecule has 5 nitrogen and oxygen atoms in total. The molecule has 0 fully saturated rings. The summed E-state index contributed by atoms with van der Waals surface area (Å²) >= 11 is 0. The SMILES string of the molecule is CCCCC(C)NC(=O)C(N)CCC(=O)O. The third kappa shape index (κ3) is 7.23. The van der Waals surface area contributed by atoms with Gasteiger partial charge >= 0.3 is 5.97 Å². The number of amides is 1. The molecular weight excluding hydrogens is 208 g/mol. The summed E-state index contributed by atoms with van der Waals surface area (Å²) in [5.41, 5.74) is 5.57. The van der Waals surface area contributed by atoms with E-state index >= 15 is 0 Å². The minimum atomic E-state index is -0.928. The first-order valence-corrected chi connectivity index (χ1v) is 5.75. The lowest BCUT2D eigenvalue weighted by Gasteiger charge is -2.16. The van der Waals surface area contributed by atoms with Crippen molar-refractivity contribution in [2.24, 2.45) is 5.73 Å². The Kier molecular flexibility index (Phi) is 7.54. The van der Waals surface area contributed by atoms with Gasteiger partial charge in [0.05, 0.1) is 6.04 Å². The van der Waals surface area contributed by atoms with E-state index in [1.165, 1.54) is 0 Å². The van der Waals surface area contributed by atoms with Crippen molar-refractivity contribution in [1.29, 1.82) is 0 Å². The molecule has 0 aromatic rings. The van der Waals surface area contributed by atoms with Gasteiger partial charge in [0.1, 0.15) is 0 Å². The van der Waals surface area contributed by atoms with Gasteiger partial charge in [0.2, 0.25) is 5.91 Å². The van der Waals surface area contributed by atoms with Crippen LogP contribution in [0.15, 0.2) is 0 Å². The van der Waals surface area contributed by atoms with Crippen molar-refractivity contribution in [1.82, 2.24) is 5.32 Å². The van der Waals surface area contributed by atoms with Crippen LogP contribution in [0.25, 0.3) is 0 Å². The number of carboxylic acid groups (broad SMARTS) is 1. The quantitative estimate of drug-likeness (QED) is 0.577. The van der Waals surface area contributed by atoms with Crippen molar-refractivity contribution in [3.63, 3.8) is 0 Å². The molecule has 0 spiro atoms. The fraction of sp³-hybridized carbons (Fsp3) is 0.818. The van der Waals surface area contributed by atoms with E-state index in [0.717, 1.165) is 19.3 Å². The number of unbranched alkanes of at least 4 members (excludes halogenated alkanes) is 1. The monoisotopic (exact) mass is 230 g/mol. The summed E-state index contributed by atoms with van der Waals surface area (Å²) in [6, 6.07) is -0.622. The van der Waals surface area contributed by atoms with Gasteiger partial charge in [0, 0.05) is 12.5 Å². The first kappa shape index (κ1) is 14.9. The van der Waals surface area contributed by atoms with E-state index in [4.69, 9.17) is 10.8 Å². The molecule has 0 bridgehead atoms. The third-order valence-electron chi connectivity index (χ3n) is 2.39. The molecule has 16 heavy (non-hydrogen) atoms. The predicted octanol–water partition coefficient (Wildman–Crippen LogP) is 0.873. The van der Waals surface area contributed by atoms with Crippen LogP contribution in [0.4, 0.5) is 0 Å². The van der Waals surface area contributed by atoms with Gasteiger partial charge in [0.15, 0.2) is 0 Å². The zero-order valence-corrected chi connectivity index (χ0v) is 10.0. The first-order valence-electron chi connectivity index (χ1n) is 5.75. The van der Waals surface area contributed by atoms with Crippen molar-refractivity contribution in [2.75, 3.05) is 0 Å². The van der Waals surface area contributed by atoms with Crippen LogP contribution in [0, 0.1) is 0 Å². The maximum atomic E-state index is 11.5. The fourth-order valence-corrected chi connectivity index (χ4v) is 1.34. The molecule has 0 aliphatic heterocycles. The minimum absolute atomic E-state index is 0.0715. The average Bonchev–Trinajstić information content (AvgIpc) is 2.22. The van der Waals surface area contributed by atoms with Crippen LogP contribution in [0.1, 0.15) is 46.0 Å². The Bertz CT molecular complexity index is 231. The molecule has 0 radical (unpaired) electrons. The minimum Gasteiger partial charge on any atom is -0.481 e. The number of carbonyl (C=O) groups excluding carboxylic acids is 1. The number of aliphatic carboxylic acids is 1. The molecule has 0 aliphatic rings. The fourth-order valence-electron chi connectivity index (χ4n) is 1.34. The lowest BCUT2D eigenvalue weighted by atomic mass is 10.1. The summed E-state index contributed by atoms with van der Waals surface area (Å²) in [7, 11) is 0. The van der Waals surface area contributed by atoms with Crippen LogP contribution < -0.4 is 11.1 Å². The van der Waals surface area contributed by atoms with E-state index in [-0.39, 0.29) is 24.8 Å². The highest BCUT2D eigenvalue weighted by molar-refractivity contribution is 5.82. The Balaban J connectivity index is 3.81. The van der Waals surface area contributed by atoms with Gasteiger partial charge in [-0.1, -0.05) is 19.8 Å². The van der Waals surface area contributed by atoms with Crippen molar-refractivity contribution in [2.45, 2.75) is 58.0 Å². The first-order chi connectivity index (χ1) is 7.47. The summed E-state index contributed by atoms with van der Waals surface area (Å²) < 4.78 is 0. The lowest BCUT2D eigenvalue weighted by molar-refractivity contribution is -0.137. The molecule has 0 rings (SSSR count). The van der Waals surface area contributed by atoms with Gasteiger partial charge in [-0.05, 0) is 19.8 Å². The second-order valence-electron chi connectivity index (χ2n) is 4.09. The van der Waals surface area contributed by atoms with Crippen LogP contribution in [0.2, 0.25) is 0 Å². The van der Waals surface area contributed by atoms with Gasteiger partial charge in [0.25, 0.3) is 0 Å². The predicted molar refractivity (Wildman–Crippen MR) is 62.0 cm³/mol. The van der Waals surface area contributed by atoms with E-state index in [9.17, 15) is 9.59 Å². The van der Waals surface area contributed by atoms with Crippen LogP contribution in [-0.2, 0) is 9.59 Å². The van der Waals surface area contributed by atoms with Crippen LogP contribution in [0.5, 0.6) is 0 Å². The molecule has 0 saturated carbocycles. The Morgan fingerprint density at radius 2 is 2.00 bits per heavy atom. The molecule has 4 N–H and O–H groups in total. The zero-order valence-electron chi connectivity index (χ0n) is 10.0. The largest absolute Gasteiger partial charge is 0.481 e. The normalized spacial score (nSPS) is 14.2. The summed E-state index contributed by atoms with van der Waals surface area (Å²) in [5.74, 6) is -1.19. The molecule has 2 unspecified atom stereocenters. The summed E-state index contributed by atoms with van der Waals surface area (Å²) in [5, 5.41) is 11.2. The van der Waals surface area contributed by atoms with Crippen LogP contribution >= 0.6 is 0 Å².